The second-order valence-electron chi connectivity index (χ2n) is 9.75. The maximum absolute atomic E-state index is 13.4. The molecule has 0 radical (unpaired) electrons. The van der Waals surface area contributed by atoms with Gasteiger partial charge in [0.25, 0.3) is 15.9 Å². The molecule has 1 amide bonds. The number of hydrogen-bond donors (Lipinski definition) is 2. The number of nitrogens with one attached hydrogen (secondary N) is 2. The van der Waals surface area contributed by atoms with Gasteiger partial charge in [0.15, 0.2) is 17.1 Å². The van der Waals surface area contributed by atoms with Gasteiger partial charge < -0.3 is 19.2 Å². The number of para-hydroxylation sites is 1. The highest BCUT2D eigenvalue weighted by Gasteiger charge is 2.22. The quantitative estimate of drug-likeness (QED) is 0.194. The Bertz CT molecular complexity index is 2160. The highest BCUT2D eigenvalue weighted by Crippen LogP contribution is 2.35. The minimum atomic E-state index is -4.04. The molecule has 0 saturated heterocycles. The van der Waals surface area contributed by atoms with Crippen LogP contribution in [0.1, 0.15) is 10.4 Å². The van der Waals surface area contributed by atoms with Crippen molar-refractivity contribution in [2.24, 2.45) is 0 Å². The summed E-state index contributed by atoms with van der Waals surface area (Å²) in [5.41, 5.74) is 2.72. The molecule has 6 aromatic rings. The van der Waals surface area contributed by atoms with Crippen LogP contribution in [0.3, 0.4) is 0 Å². The van der Waals surface area contributed by atoms with Crippen LogP contribution in [0.25, 0.3) is 33.3 Å². The molecule has 0 unspecified atom stereocenters. The molecule has 0 fully saturated rings. The Morgan fingerprint density at radius 1 is 0.814 bits per heavy atom. The molecule has 1 aliphatic rings. The average Bonchev–Trinajstić information content (AvgIpc) is 3.44. The fraction of sp³-hybridized carbons (Fsp3) is 0.0625. The number of carbonyl (C=O) groups excluding carboxylic acids is 1. The Labute approximate surface area is 254 Å². The normalized spacial score (nSPS) is 12.8. The molecule has 214 valence electrons. The largest absolute Gasteiger partial charge is 0.486 e. The SMILES string of the molecule is O=C(Nc1ccc2oc(-c3cccc4c(Br)cccc34)nc2c1)c1ccccc1NS(=O)(=O)c1ccc2c(c1)OCCO2. The number of anilines is 2. The number of rotatable bonds is 6. The van der Waals surface area contributed by atoms with E-state index in [1.54, 1.807) is 42.5 Å². The van der Waals surface area contributed by atoms with Gasteiger partial charge in [0, 0.05) is 21.8 Å². The number of ether oxygens (including phenoxy) is 2. The van der Waals surface area contributed by atoms with Crippen molar-refractivity contribution < 1.29 is 27.1 Å². The number of oxazole rings is 1. The molecule has 5 aromatic carbocycles. The van der Waals surface area contributed by atoms with E-state index in [1.807, 2.05) is 36.4 Å². The second-order valence-corrected chi connectivity index (χ2v) is 12.3. The highest BCUT2D eigenvalue weighted by molar-refractivity contribution is 9.10. The molecule has 0 spiro atoms. The van der Waals surface area contributed by atoms with E-state index in [2.05, 4.69) is 31.0 Å². The molecule has 0 aliphatic carbocycles. The summed E-state index contributed by atoms with van der Waals surface area (Å²) in [6, 6.07) is 27.8. The standard InChI is InChI=1S/C32H22BrN3O6S/c33-25-9-4-6-21-22(25)7-3-8-23(21)32-35-27-17-19(11-13-28(27)42-32)34-31(37)24-5-1-2-10-26(24)36-43(38,39)20-12-14-29-30(18-20)41-16-15-40-29/h1-14,17-18,36H,15-16H2,(H,34,37). The van der Waals surface area contributed by atoms with Crippen LogP contribution in [0.5, 0.6) is 11.5 Å². The van der Waals surface area contributed by atoms with Gasteiger partial charge in [-0.05, 0) is 65.4 Å². The van der Waals surface area contributed by atoms with Crippen molar-refractivity contribution in [1.29, 1.82) is 0 Å². The molecule has 0 saturated carbocycles. The summed E-state index contributed by atoms with van der Waals surface area (Å²) in [4.78, 5) is 18.0. The third-order valence-corrected chi connectivity index (χ3v) is 9.04. The maximum atomic E-state index is 13.4. The first kappa shape index (κ1) is 27.0. The van der Waals surface area contributed by atoms with Crippen LogP contribution in [0.2, 0.25) is 0 Å². The monoisotopic (exact) mass is 655 g/mol. The summed E-state index contributed by atoms with van der Waals surface area (Å²) in [6.45, 7) is 0.725. The van der Waals surface area contributed by atoms with Gasteiger partial charge in [0.05, 0.1) is 16.1 Å². The number of sulfonamides is 1. The third kappa shape index (κ3) is 5.17. The summed E-state index contributed by atoms with van der Waals surface area (Å²) in [5, 5.41) is 4.88. The van der Waals surface area contributed by atoms with Gasteiger partial charge in [-0.15, -0.1) is 0 Å². The molecule has 0 atom stereocenters. The van der Waals surface area contributed by atoms with Crippen molar-refractivity contribution in [3.05, 3.63) is 107 Å². The number of benzene rings is 5. The number of carbonyl (C=O) groups is 1. The smallest absolute Gasteiger partial charge is 0.262 e. The van der Waals surface area contributed by atoms with Crippen LogP contribution in [0.15, 0.2) is 111 Å². The number of amides is 1. The van der Waals surface area contributed by atoms with Crippen molar-refractivity contribution in [3.63, 3.8) is 0 Å². The Kier molecular flexibility index (Phi) is 6.75. The van der Waals surface area contributed by atoms with Crippen LogP contribution in [-0.2, 0) is 10.0 Å². The molecule has 9 nitrogen and oxygen atoms in total. The summed E-state index contributed by atoms with van der Waals surface area (Å²) in [7, 11) is -4.04. The van der Waals surface area contributed by atoms with Crippen LogP contribution < -0.4 is 19.5 Å². The fourth-order valence-corrected chi connectivity index (χ4v) is 6.53. The zero-order valence-electron chi connectivity index (χ0n) is 22.3. The van der Waals surface area contributed by atoms with Gasteiger partial charge >= 0.3 is 0 Å². The summed E-state index contributed by atoms with van der Waals surface area (Å²) >= 11 is 3.60. The first-order valence-corrected chi connectivity index (χ1v) is 15.5. The van der Waals surface area contributed by atoms with E-state index in [0.717, 1.165) is 20.8 Å². The van der Waals surface area contributed by atoms with Crippen molar-refractivity contribution in [2.45, 2.75) is 4.90 Å². The molecule has 2 N–H and O–H groups in total. The van der Waals surface area contributed by atoms with Gasteiger partial charge in [0.2, 0.25) is 5.89 Å². The zero-order valence-corrected chi connectivity index (χ0v) is 24.7. The highest BCUT2D eigenvalue weighted by atomic mass is 79.9. The first-order valence-electron chi connectivity index (χ1n) is 13.3. The minimum absolute atomic E-state index is 0.0159. The lowest BCUT2D eigenvalue weighted by Gasteiger charge is -2.19. The Morgan fingerprint density at radius 3 is 2.49 bits per heavy atom. The van der Waals surface area contributed by atoms with Crippen LogP contribution in [0, 0.1) is 0 Å². The number of fused-ring (bicyclic) bond motifs is 3. The minimum Gasteiger partial charge on any atom is -0.486 e. The topological polar surface area (TPSA) is 120 Å². The summed E-state index contributed by atoms with van der Waals surface area (Å²) < 4.78 is 47.0. The molecule has 7 rings (SSSR count). The average molecular weight is 657 g/mol. The molecule has 0 bridgehead atoms. The second kappa shape index (κ2) is 10.8. The number of halogens is 1. The van der Waals surface area contributed by atoms with Crippen molar-refractivity contribution in [3.8, 4) is 23.0 Å². The predicted molar refractivity (Wildman–Crippen MR) is 167 cm³/mol. The molecule has 2 heterocycles. The van der Waals surface area contributed by atoms with E-state index < -0.39 is 15.9 Å². The van der Waals surface area contributed by atoms with Crippen molar-refractivity contribution >= 4 is 65.1 Å². The number of hydrogen-bond acceptors (Lipinski definition) is 7. The lowest BCUT2D eigenvalue weighted by atomic mass is 10.0. The van der Waals surface area contributed by atoms with E-state index in [4.69, 9.17) is 13.9 Å². The predicted octanol–water partition coefficient (Wildman–Crippen LogP) is 7.23. The maximum Gasteiger partial charge on any atom is 0.262 e. The third-order valence-electron chi connectivity index (χ3n) is 6.98. The Balaban J connectivity index is 1.14. The van der Waals surface area contributed by atoms with Gasteiger partial charge in [-0.1, -0.05) is 52.3 Å². The van der Waals surface area contributed by atoms with E-state index in [-0.39, 0.29) is 16.1 Å². The molecule has 43 heavy (non-hydrogen) atoms. The number of aromatic nitrogens is 1. The summed E-state index contributed by atoms with van der Waals surface area (Å²) in [6.07, 6.45) is 0. The zero-order chi connectivity index (χ0) is 29.6. The van der Waals surface area contributed by atoms with E-state index in [1.165, 1.54) is 18.2 Å². The molecule has 11 heteroatoms. The lowest BCUT2D eigenvalue weighted by molar-refractivity contribution is 0.102. The van der Waals surface area contributed by atoms with Gasteiger partial charge in [0.1, 0.15) is 18.7 Å². The Hall–Kier alpha value is -4.87. The molecular formula is C32H22BrN3O6S. The molecule has 1 aliphatic heterocycles. The van der Waals surface area contributed by atoms with Crippen molar-refractivity contribution in [1.82, 2.24) is 4.98 Å². The van der Waals surface area contributed by atoms with E-state index in [0.29, 0.717) is 47.4 Å². The van der Waals surface area contributed by atoms with Gasteiger partial charge in [-0.2, -0.15) is 0 Å². The lowest BCUT2D eigenvalue weighted by Crippen LogP contribution is -2.19. The number of nitrogens with zero attached hydrogens (tertiary/aromatic N) is 1. The van der Waals surface area contributed by atoms with Crippen molar-refractivity contribution in [2.75, 3.05) is 23.3 Å². The fourth-order valence-electron chi connectivity index (χ4n) is 4.94. The van der Waals surface area contributed by atoms with E-state index >= 15 is 0 Å². The molecule has 1 aromatic heterocycles. The molecular weight excluding hydrogens is 634 g/mol. The van der Waals surface area contributed by atoms with Gasteiger partial charge in [-0.25, -0.2) is 13.4 Å². The first-order chi connectivity index (χ1) is 20.9. The van der Waals surface area contributed by atoms with Gasteiger partial charge in [-0.3, -0.25) is 9.52 Å². The van der Waals surface area contributed by atoms with Crippen LogP contribution >= 0.6 is 15.9 Å². The van der Waals surface area contributed by atoms with Crippen LogP contribution in [-0.4, -0.2) is 32.5 Å². The van der Waals surface area contributed by atoms with E-state index in [9.17, 15) is 13.2 Å². The summed E-state index contributed by atoms with van der Waals surface area (Å²) in [5.74, 6) is 0.787. The van der Waals surface area contributed by atoms with Crippen LogP contribution in [0.4, 0.5) is 11.4 Å². The Morgan fingerprint density at radius 2 is 1.60 bits per heavy atom.